The Morgan fingerprint density at radius 1 is 1.24 bits per heavy atom. The van der Waals surface area contributed by atoms with Crippen molar-refractivity contribution in [2.45, 2.75) is 19.6 Å². The molecule has 0 aromatic carbocycles. The van der Waals surface area contributed by atoms with Crippen molar-refractivity contribution in [2.24, 2.45) is 7.05 Å². The zero-order valence-corrected chi connectivity index (χ0v) is 11.8. The molecule has 0 unspecified atom stereocenters. The van der Waals surface area contributed by atoms with Gasteiger partial charge in [-0.2, -0.15) is 18.3 Å². The number of aryl methyl sites for hydroxylation is 1. The molecule has 0 spiro atoms. The van der Waals surface area contributed by atoms with Crippen LogP contribution in [0.25, 0.3) is 0 Å². The van der Waals surface area contributed by atoms with Crippen molar-refractivity contribution >= 4 is 11.6 Å². The van der Waals surface area contributed by atoms with Crippen LogP contribution in [-0.2, 0) is 19.8 Å². The van der Waals surface area contributed by atoms with Crippen LogP contribution in [0.5, 0.6) is 0 Å². The fraction of sp³-hybridized carbons (Fsp3) is 0.417. The summed E-state index contributed by atoms with van der Waals surface area (Å²) in [6, 6.07) is 1.42. The molecule has 0 saturated heterocycles. The third kappa shape index (κ3) is 3.41. The summed E-state index contributed by atoms with van der Waals surface area (Å²) in [7, 11) is 3.29. The lowest BCUT2D eigenvalue weighted by molar-refractivity contribution is -0.144. The molecule has 0 fully saturated rings. The second-order valence-corrected chi connectivity index (χ2v) is 4.44. The molecule has 6 nitrogen and oxygen atoms in total. The Kier molecular flexibility index (Phi) is 4.01. The highest BCUT2D eigenvalue weighted by molar-refractivity contribution is 5.47. The van der Waals surface area contributed by atoms with Gasteiger partial charge in [-0.1, -0.05) is 0 Å². The maximum absolute atomic E-state index is 12.7. The minimum atomic E-state index is -4.59. The number of hydrogen-bond donors (Lipinski definition) is 2. The Hall–Kier alpha value is -2.32. The van der Waals surface area contributed by atoms with Crippen molar-refractivity contribution in [3.05, 3.63) is 29.3 Å². The molecule has 2 N–H and O–H groups in total. The van der Waals surface area contributed by atoms with E-state index < -0.39 is 12.0 Å². The summed E-state index contributed by atoms with van der Waals surface area (Å²) in [5.74, 6) is -0.979. The van der Waals surface area contributed by atoms with Gasteiger partial charge in [-0.3, -0.25) is 4.68 Å². The van der Waals surface area contributed by atoms with Gasteiger partial charge < -0.3 is 10.6 Å². The Morgan fingerprint density at radius 2 is 1.90 bits per heavy atom. The highest BCUT2D eigenvalue weighted by Gasteiger charge is 2.35. The van der Waals surface area contributed by atoms with Crippen LogP contribution in [0.15, 0.2) is 12.3 Å². The lowest BCUT2D eigenvalue weighted by Gasteiger charge is -2.11. The first-order valence-electron chi connectivity index (χ1n) is 6.16. The molecule has 2 aromatic rings. The SMILES string of the molecule is CNc1cc(NCc2cnn(C)c2C)nc(C(F)(F)F)n1. The largest absolute Gasteiger partial charge is 0.451 e. The number of rotatable bonds is 4. The summed E-state index contributed by atoms with van der Waals surface area (Å²) < 4.78 is 39.9. The standard InChI is InChI=1S/C12H15F3N6/c1-7-8(6-18-21(7)3)5-17-10-4-9(16-2)19-11(20-10)12(13,14)15/h4,6H,5H2,1-3H3,(H2,16,17,19,20). The number of alkyl halides is 3. The molecule has 0 amide bonds. The molecule has 0 radical (unpaired) electrons. The zero-order valence-electron chi connectivity index (χ0n) is 11.8. The average molecular weight is 300 g/mol. The van der Waals surface area contributed by atoms with E-state index in [0.717, 1.165) is 11.3 Å². The molecule has 2 aromatic heterocycles. The number of anilines is 2. The lowest BCUT2D eigenvalue weighted by Crippen LogP contribution is -2.14. The van der Waals surface area contributed by atoms with E-state index in [4.69, 9.17) is 0 Å². The number of hydrogen-bond acceptors (Lipinski definition) is 5. The second kappa shape index (κ2) is 5.58. The second-order valence-electron chi connectivity index (χ2n) is 4.44. The van der Waals surface area contributed by atoms with Crippen molar-refractivity contribution in [2.75, 3.05) is 17.7 Å². The summed E-state index contributed by atoms with van der Waals surface area (Å²) >= 11 is 0. The van der Waals surface area contributed by atoms with Gasteiger partial charge >= 0.3 is 6.18 Å². The Morgan fingerprint density at radius 3 is 2.43 bits per heavy atom. The van der Waals surface area contributed by atoms with Crippen LogP contribution in [0.3, 0.4) is 0 Å². The Labute approximate surface area is 119 Å². The van der Waals surface area contributed by atoms with E-state index in [1.54, 1.807) is 17.9 Å². The quantitative estimate of drug-likeness (QED) is 0.906. The van der Waals surface area contributed by atoms with Gasteiger partial charge in [0.25, 0.3) is 0 Å². The number of halogens is 3. The maximum Gasteiger partial charge on any atom is 0.451 e. The van der Waals surface area contributed by atoms with E-state index in [9.17, 15) is 13.2 Å². The van der Waals surface area contributed by atoms with Gasteiger partial charge in [0.2, 0.25) is 5.82 Å². The van der Waals surface area contributed by atoms with E-state index in [-0.39, 0.29) is 11.6 Å². The minimum absolute atomic E-state index is 0.0998. The number of nitrogens with one attached hydrogen (secondary N) is 2. The summed E-state index contributed by atoms with van der Waals surface area (Å²) in [6.07, 6.45) is -2.93. The molecule has 0 atom stereocenters. The van der Waals surface area contributed by atoms with Crippen molar-refractivity contribution < 1.29 is 13.2 Å². The fourth-order valence-corrected chi connectivity index (χ4v) is 1.70. The Balaban J connectivity index is 2.21. The molecular formula is C12H15F3N6. The third-order valence-electron chi connectivity index (χ3n) is 3.03. The van der Waals surface area contributed by atoms with Crippen LogP contribution in [0.2, 0.25) is 0 Å². The summed E-state index contributed by atoms with van der Waals surface area (Å²) in [5, 5.41) is 9.51. The molecule has 2 heterocycles. The van der Waals surface area contributed by atoms with E-state index >= 15 is 0 Å². The van der Waals surface area contributed by atoms with E-state index in [1.807, 2.05) is 6.92 Å². The molecule has 0 saturated carbocycles. The van der Waals surface area contributed by atoms with Gasteiger partial charge in [0, 0.05) is 38.0 Å². The predicted octanol–water partition coefficient (Wildman–Crippen LogP) is 2.19. The molecule has 21 heavy (non-hydrogen) atoms. The van der Waals surface area contributed by atoms with Crippen LogP contribution in [0, 0.1) is 6.92 Å². The van der Waals surface area contributed by atoms with Crippen LogP contribution in [0.4, 0.5) is 24.8 Å². The topological polar surface area (TPSA) is 67.7 Å². The third-order valence-corrected chi connectivity index (χ3v) is 3.03. The highest BCUT2D eigenvalue weighted by atomic mass is 19.4. The fourth-order valence-electron chi connectivity index (χ4n) is 1.70. The first-order valence-corrected chi connectivity index (χ1v) is 6.16. The van der Waals surface area contributed by atoms with Gasteiger partial charge in [-0.15, -0.1) is 0 Å². The van der Waals surface area contributed by atoms with Gasteiger partial charge in [0.15, 0.2) is 0 Å². The monoisotopic (exact) mass is 300 g/mol. The lowest BCUT2D eigenvalue weighted by atomic mass is 10.2. The van der Waals surface area contributed by atoms with Gasteiger partial charge in [-0.25, -0.2) is 9.97 Å². The Bertz CT molecular complexity index is 634. The molecule has 9 heteroatoms. The molecule has 0 bridgehead atoms. The molecule has 2 rings (SSSR count). The number of nitrogens with zero attached hydrogens (tertiary/aromatic N) is 4. The predicted molar refractivity (Wildman–Crippen MR) is 71.9 cm³/mol. The summed E-state index contributed by atoms with van der Waals surface area (Å²) in [5.41, 5.74) is 1.82. The van der Waals surface area contributed by atoms with Crippen LogP contribution >= 0.6 is 0 Å². The van der Waals surface area contributed by atoms with Crippen LogP contribution in [0.1, 0.15) is 17.1 Å². The van der Waals surface area contributed by atoms with Crippen LogP contribution in [-0.4, -0.2) is 26.8 Å². The number of aromatic nitrogens is 4. The minimum Gasteiger partial charge on any atom is -0.373 e. The average Bonchev–Trinajstić information content (AvgIpc) is 2.75. The molecule has 0 aliphatic carbocycles. The summed E-state index contributed by atoms with van der Waals surface area (Å²) in [4.78, 5) is 6.89. The van der Waals surface area contributed by atoms with Crippen LogP contribution < -0.4 is 10.6 Å². The maximum atomic E-state index is 12.7. The van der Waals surface area contributed by atoms with Gasteiger partial charge in [0.05, 0.1) is 6.20 Å². The van der Waals surface area contributed by atoms with Crippen molar-refractivity contribution in [1.29, 1.82) is 0 Å². The highest BCUT2D eigenvalue weighted by Crippen LogP contribution is 2.28. The molecule has 0 aliphatic heterocycles. The van der Waals surface area contributed by atoms with E-state index in [1.165, 1.54) is 13.1 Å². The first kappa shape index (κ1) is 15.1. The van der Waals surface area contributed by atoms with E-state index in [2.05, 4.69) is 25.7 Å². The molecular weight excluding hydrogens is 285 g/mol. The first-order chi connectivity index (χ1) is 9.81. The van der Waals surface area contributed by atoms with Gasteiger partial charge in [-0.05, 0) is 6.92 Å². The molecule has 0 aliphatic rings. The van der Waals surface area contributed by atoms with Crippen molar-refractivity contribution in [3.8, 4) is 0 Å². The van der Waals surface area contributed by atoms with Crippen molar-refractivity contribution in [3.63, 3.8) is 0 Å². The van der Waals surface area contributed by atoms with Crippen molar-refractivity contribution in [1.82, 2.24) is 19.7 Å². The normalized spacial score (nSPS) is 11.5. The summed E-state index contributed by atoms with van der Waals surface area (Å²) in [6.45, 7) is 2.21. The van der Waals surface area contributed by atoms with E-state index in [0.29, 0.717) is 6.54 Å². The molecule has 114 valence electrons. The van der Waals surface area contributed by atoms with Gasteiger partial charge in [0.1, 0.15) is 11.6 Å². The zero-order chi connectivity index (χ0) is 15.6. The smallest absolute Gasteiger partial charge is 0.373 e.